The van der Waals surface area contributed by atoms with Gasteiger partial charge in [-0.05, 0) is 30.5 Å². The molecule has 0 aromatic heterocycles. The maximum absolute atomic E-state index is 11.3. The predicted octanol–water partition coefficient (Wildman–Crippen LogP) is 2.34. The lowest BCUT2D eigenvalue weighted by Gasteiger charge is -2.16. The van der Waals surface area contributed by atoms with Gasteiger partial charge in [-0.15, -0.1) is 0 Å². The van der Waals surface area contributed by atoms with E-state index in [1.807, 2.05) is 13.8 Å². The van der Waals surface area contributed by atoms with Gasteiger partial charge in [-0.3, -0.25) is 0 Å². The molecule has 21 heavy (non-hydrogen) atoms. The molecule has 0 aliphatic rings. The molecule has 6 heteroatoms. The Hall–Kier alpha value is -1.27. The minimum Gasteiger partial charge on any atom is -0.490 e. The molecule has 1 rings (SSSR count). The van der Waals surface area contributed by atoms with Crippen molar-refractivity contribution >= 4 is 9.84 Å². The van der Waals surface area contributed by atoms with E-state index in [2.05, 4.69) is 0 Å². The molecule has 1 aromatic rings. The number of ether oxygens (including phenoxy) is 2. The smallest absolute Gasteiger partial charge is 0.161 e. The van der Waals surface area contributed by atoms with Gasteiger partial charge < -0.3 is 14.6 Å². The molecule has 0 radical (unpaired) electrons. The van der Waals surface area contributed by atoms with Crippen molar-refractivity contribution in [3.63, 3.8) is 0 Å². The van der Waals surface area contributed by atoms with Crippen molar-refractivity contribution in [1.82, 2.24) is 0 Å². The molecular formula is C15H24O5S. The van der Waals surface area contributed by atoms with Crippen molar-refractivity contribution in [1.29, 1.82) is 0 Å². The Morgan fingerprint density at radius 3 is 2.19 bits per heavy atom. The summed E-state index contributed by atoms with van der Waals surface area (Å²) in [6, 6.07) is 5.03. The summed E-state index contributed by atoms with van der Waals surface area (Å²) in [7, 11) is -3.25. The van der Waals surface area contributed by atoms with Gasteiger partial charge in [-0.1, -0.05) is 19.9 Å². The highest BCUT2D eigenvalue weighted by atomic mass is 32.2. The largest absolute Gasteiger partial charge is 0.490 e. The van der Waals surface area contributed by atoms with Crippen LogP contribution >= 0.6 is 0 Å². The minimum atomic E-state index is -3.25. The highest BCUT2D eigenvalue weighted by Crippen LogP contribution is 2.31. The van der Waals surface area contributed by atoms with Crippen molar-refractivity contribution in [3.8, 4) is 11.5 Å². The van der Waals surface area contributed by atoms with E-state index in [-0.39, 0.29) is 5.75 Å². The van der Waals surface area contributed by atoms with Crippen LogP contribution in [0.2, 0.25) is 0 Å². The van der Waals surface area contributed by atoms with Crippen molar-refractivity contribution in [3.05, 3.63) is 23.8 Å². The lowest BCUT2D eigenvalue weighted by atomic mass is 10.1. The lowest BCUT2D eigenvalue weighted by molar-refractivity contribution is 0.200. The van der Waals surface area contributed by atoms with Crippen LogP contribution in [0, 0.1) is 0 Å². The van der Waals surface area contributed by atoms with Gasteiger partial charge in [0.25, 0.3) is 0 Å². The van der Waals surface area contributed by atoms with Crippen LogP contribution < -0.4 is 9.47 Å². The van der Waals surface area contributed by atoms with Gasteiger partial charge in [0.15, 0.2) is 11.5 Å². The van der Waals surface area contributed by atoms with E-state index in [0.29, 0.717) is 30.3 Å². The number of hydrogen-bond acceptors (Lipinski definition) is 5. The number of sulfone groups is 1. The molecule has 0 amide bonds. The highest BCUT2D eigenvalue weighted by Gasteiger charge is 2.17. The van der Waals surface area contributed by atoms with E-state index >= 15 is 0 Å². The van der Waals surface area contributed by atoms with Crippen molar-refractivity contribution in [2.45, 2.75) is 32.8 Å². The molecule has 1 aromatic carbocycles. The van der Waals surface area contributed by atoms with E-state index in [9.17, 15) is 13.5 Å². The molecule has 0 saturated carbocycles. The molecule has 1 N–H and O–H groups in total. The fraction of sp³-hybridized carbons (Fsp3) is 0.600. The van der Waals surface area contributed by atoms with Gasteiger partial charge in [-0.2, -0.15) is 0 Å². The molecule has 0 spiro atoms. The maximum atomic E-state index is 11.3. The van der Waals surface area contributed by atoms with Crippen molar-refractivity contribution in [2.75, 3.05) is 25.2 Å². The Balaban J connectivity index is 2.96. The SMILES string of the molecule is CCCOc1ccc(C(O)CS(C)(=O)=O)cc1OCCC. The fourth-order valence-corrected chi connectivity index (χ4v) is 2.54. The molecule has 0 aliphatic heterocycles. The molecule has 5 nitrogen and oxygen atoms in total. The van der Waals surface area contributed by atoms with Gasteiger partial charge in [0.05, 0.1) is 25.1 Å². The molecule has 0 bridgehead atoms. The van der Waals surface area contributed by atoms with Gasteiger partial charge in [0, 0.05) is 6.26 Å². The highest BCUT2D eigenvalue weighted by molar-refractivity contribution is 7.90. The second-order valence-electron chi connectivity index (χ2n) is 5.01. The van der Waals surface area contributed by atoms with Crippen LogP contribution in [0.25, 0.3) is 0 Å². The van der Waals surface area contributed by atoms with Crippen LogP contribution in [-0.4, -0.2) is 38.7 Å². The molecule has 0 fully saturated rings. The summed E-state index contributed by atoms with van der Waals surface area (Å²) < 4.78 is 33.7. The Morgan fingerprint density at radius 1 is 1.10 bits per heavy atom. The predicted molar refractivity (Wildman–Crippen MR) is 82.7 cm³/mol. The first-order valence-electron chi connectivity index (χ1n) is 7.12. The Labute approximate surface area is 126 Å². The average molecular weight is 316 g/mol. The third-order valence-corrected chi connectivity index (χ3v) is 3.66. The van der Waals surface area contributed by atoms with Gasteiger partial charge in [0.1, 0.15) is 9.84 Å². The third-order valence-electron chi connectivity index (χ3n) is 2.74. The molecule has 0 saturated heterocycles. The summed E-state index contributed by atoms with van der Waals surface area (Å²) >= 11 is 0. The van der Waals surface area contributed by atoms with Crippen molar-refractivity contribution in [2.24, 2.45) is 0 Å². The lowest BCUT2D eigenvalue weighted by Crippen LogP contribution is -2.13. The van der Waals surface area contributed by atoms with Crippen LogP contribution in [-0.2, 0) is 9.84 Å². The van der Waals surface area contributed by atoms with E-state index in [1.54, 1.807) is 18.2 Å². The van der Waals surface area contributed by atoms with Crippen LogP contribution in [0.3, 0.4) is 0 Å². The number of aliphatic hydroxyl groups excluding tert-OH is 1. The van der Waals surface area contributed by atoms with Gasteiger partial charge in [-0.25, -0.2) is 8.42 Å². The van der Waals surface area contributed by atoms with Crippen LogP contribution in [0.1, 0.15) is 38.4 Å². The maximum Gasteiger partial charge on any atom is 0.161 e. The molecule has 0 heterocycles. The first-order valence-corrected chi connectivity index (χ1v) is 9.18. The zero-order chi connectivity index (χ0) is 15.9. The summed E-state index contributed by atoms with van der Waals surface area (Å²) in [5, 5.41) is 10.00. The second-order valence-corrected chi connectivity index (χ2v) is 7.20. The number of aliphatic hydroxyl groups is 1. The van der Waals surface area contributed by atoms with Crippen LogP contribution in [0.4, 0.5) is 0 Å². The molecule has 1 unspecified atom stereocenters. The van der Waals surface area contributed by atoms with Crippen LogP contribution in [0.5, 0.6) is 11.5 Å². The zero-order valence-corrected chi connectivity index (χ0v) is 13.6. The monoisotopic (exact) mass is 316 g/mol. The second kappa shape index (κ2) is 8.24. The number of rotatable bonds is 9. The van der Waals surface area contributed by atoms with Crippen molar-refractivity contribution < 1.29 is 23.0 Å². The first kappa shape index (κ1) is 17.8. The van der Waals surface area contributed by atoms with Gasteiger partial charge >= 0.3 is 0 Å². The summed E-state index contributed by atoms with van der Waals surface area (Å²) in [5.74, 6) is 0.839. The number of benzene rings is 1. The Bertz CT molecular complexity index is 539. The molecule has 120 valence electrons. The Kier molecular flexibility index (Phi) is 6.98. The molecule has 1 atom stereocenters. The summed E-state index contributed by atoms with van der Waals surface area (Å²) in [6.07, 6.45) is 1.77. The normalized spacial score (nSPS) is 13.0. The summed E-state index contributed by atoms with van der Waals surface area (Å²) in [6.45, 7) is 5.12. The molecular weight excluding hydrogens is 292 g/mol. The zero-order valence-electron chi connectivity index (χ0n) is 12.8. The van der Waals surface area contributed by atoms with Gasteiger partial charge in [0.2, 0.25) is 0 Å². The topological polar surface area (TPSA) is 72.8 Å². The quantitative estimate of drug-likeness (QED) is 0.757. The van der Waals surface area contributed by atoms with E-state index in [0.717, 1.165) is 19.1 Å². The van der Waals surface area contributed by atoms with E-state index in [1.165, 1.54) is 0 Å². The fourth-order valence-electron chi connectivity index (χ4n) is 1.77. The van der Waals surface area contributed by atoms with E-state index < -0.39 is 15.9 Å². The Morgan fingerprint density at radius 2 is 1.67 bits per heavy atom. The minimum absolute atomic E-state index is 0.310. The van der Waals surface area contributed by atoms with E-state index in [4.69, 9.17) is 9.47 Å². The number of hydrogen-bond donors (Lipinski definition) is 1. The standard InChI is InChI=1S/C15H24O5S/c1-4-8-19-14-7-6-12(10-15(14)20-9-5-2)13(16)11-21(3,17)18/h6-7,10,13,16H,4-5,8-9,11H2,1-3H3. The van der Waals surface area contributed by atoms with Crippen LogP contribution in [0.15, 0.2) is 18.2 Å². The average Bonchev–Trinajstić information content (AvgIpc) is 2.41. The summed E-state index contributed by atoms with van der Waals surface area (Å²) in [4.78, 5) is 0. The third kappa shape index (κ3) is 6.35. The molecule has 0 aliphatic carbocycles. The first-order chi connectivity index (χ1) is 9.87. The summed E-state index contributed by atoms with van der Waals surface area (Å²) in [5.41, 5.74) is 0.510.